The molecule has 1 aliphatic rings. The van der Waals surface area contributed by atoms with Gasteiger partial charge in [-0.05, 0) is 69.8 Å². The first kappa shape index (κ1) is 34.4. The number of rotatable bonds is 12. The van der Waals surface area contributed by atoms with Crippen molar-refractivity contribution in [3.63, 3.8) is 0 Å². The second-order valence-electron chi connectivity index (χ2n) is 12.7. The van der Waals surface area contributed by atoms with E-state index >= 15 is 0 Å². The summed E-state index contributed by atoms with van der Waals surface area (Å²) in [5, 5.41) is 10.1. The Balaban J connectivity index is 2.65. The standard InChI is InChI=1S/C38H56O/c1-12-37(8,9)34(7)25-23-31(4)21-15-19-29(2)17-13-14-18-30(3)20-16-22-32(5)24-26-36-33(6)27-35(39)28-38(36,10)11/h13-26,34-35,39H,12,27-28H2,1-11H3/b14-13+,19-15+,20-16+,25-23+,26-24+,29-17+,30-18+,31-21+,32-22+/t34-,35-/m1/s1. The zero-order valence-corrected chi connectivity index (χ0v) is 26.8. The molecule has 214 valence electrons. The van der Waals surface area contributed by atoms with E-state index in [1.54, 1.807) is 0 Å². The van der Waals surface area contributed by atoms with Crippen molar-refractivity contribution in [3.8, 4) is 0 Å². The zero-order valence-electron chi connectivity index (χ0n) is 26.8. The van der Waals surface area contributed by atoms with Gasteiger partial charge in [0.25, 0.3) is 0 Å². The summed E-state index contributed by atoms with van der Waals surface area (Å²) in [7, 11) is 0. The minimum Gasteiger partial charge on any atom is -0.393 e. The number of hydrogen-bond donors (Lipinski definition) is 1. The minimum absolute atomic E-state index is 0.0139. The summed E-state index contributed by atoms with van der Waals surface area (Å²) >= 11 is 0. The topological polar surface area (TPSA) is 20.2 Å². The van der Waals surface area contributed by atoms with E-state index in [0.717, 1.165) is 12.8 Å². The second-order valence-corrected chi connectivity index (χ2v) is 12.7. The molecule has 0 saturated heterocycles. The SMILES string of the molecule is CCC(C)(C)[C@H](C)/C=C/C(C)=C/C=C/C(C)=C/C=C/C=C(C)/C=C/C=C(C)/C=C/C1=C(C)C[C@@H](O)CC1(C)C. The lowest BCUT2D eigenvalue weighted by Crippen LogP contribution is -2.28. The van der Waals surface area contributed by atoms with Crippen LogP contribution >= 0.6 is 0 Å². The molecule has 1 N–H and O–H groups in total. The number of allylic oxidation sites excluding steroid dienone is 19. The zero-order chi connectivity index (χ0) is 29.6. The molecule has 39 heavy (non-hydrogen) atoms. The average Bonchev–Trinajstić information content (AvgIpc) is 2.83. The van der Waals surface area contributed by atoms with Crippen molar-refractivity contribution in [1.29, 1.82) is 0 Å². The van der Waals surface area contributed by atoms with E-state index in [9.17, 15) is 5.11 Å². The summed E-state index contributed by atoms with van der Waals surface area (Å²) in [6.45, 7) is 24.3. The predicted molar refractivity (Wildman–Crippen MR) is 176 cm³/mol. The molecule has 0 aromatic rings. The third-order valence-electron chi connectivity index (χ3n) is 8.05. The minimum atomic E-state index is -0.220. The van der Waals surface area contributed by atoms with Crippen molar-refractivity contribution >= 4 is 0 Å². The van der Waals surface area contributed by atoms with E-state index in [4.69, 9.17) is 0 Å². The Morgan fingerprint density at radius 2 is 1.31 bits per heavy atom. The number of aliphatic hydroxyl groups is 1. The van der Waals surface area contributed by atoms with Gasteiger partial charge in [0.1, 0.15) is 0 Å². The molecule has 0 aromatic heterocycles. The van der Waals surface area contributed by atoms with Gasteiger partial charge in [-0.3, -0.25) is 0 Å². The second kappa shape index (κ2) is 16.5. The number of hydrogen-bond acceptors (Lipinski definition) is 1. The summed E-state index contributed by atoms with van der Waals surface area (Å²) in [5.74, 6) is 0.558. The van der Waals surface area contributed by atoms with Crippen molar-refractivity contribution in [1.82, 2.24) is 0 Å². The first-order chi connectivity index (χ1) is 18.2. The van der Waals surface area contributed by atoms with Crippen LogP contribution in [0, 0.1) is 16.7 Å². The fraction of sp³-hybridized carbons (Fsp3) is 0.474. The molecule has 0 fully saturated rings. The van der Waals surface area contributed by atoms with Crippen LogP contribution in [0.25, 0.3) is 0 Å². The van der Waals surface area contributed by atoms with Gasteiger partial charge in [0.15, 0.2) is 0 Å². The van der Waals surface area contributed by atoms with Crippen LogP contribution in [-0.4, -0.2) is 11.2 Å². The highest BCUT2D eigenvalue weighted by Crippen LogP contribution is 2.41. The molecule has 0 spiro atoms. The van der Waals surface area contributed by atoms with Crippen LogP contribution in [0.4, 0.5) is 0 Å². The van der Waals surface area contributed by atoms with E-state index < -0.39 is 0 Å². The van der Waals surface area contributed by atoms with Crippen molar-refractivity contribution in [2.75, 3.05) is 0 Å². The Labute approximate surface area is 241 Å². The number of aliphatic hydroxyl groups excluding tert-OH is 1. The van der Waals surface area contributed by atoms with Gasteiger partial charge in [0, 0.05) is 0 Å². The molecule has 0 amide bonds. The molecule has 0 bridgehead atoms. The van der Waals surface area contributed by atoms with Crippen molar-refractivity contribution < 1.29 is 5.11 Å². The predicted octanol–water partition coefficient (Wildman–Crippen LogP) is 11.1. The summed E-state index contributed by atoms with van der Waals surface area (Å²) in [5.41, 5.74) is 7.89. The molecule has 1 nitrogen and oxygen atoms in total. The molecule has 0 saturated carbocycles. The van der Waals surface area contributed by atoms with Crippen molar-refractivity contribution in [2.24, 2.45) is 16.7 Å². The van der Waals surface area contributed by atoms with Crippen LogP contribution in [-0.2, 0) is 0 Å². The van der Waals surface area contributed by atoms with Crippen LogP contribution < -0.4 is 0 Å². The smallest absolute Gasteiger partial charge is 0.0585 e. The highest BCUT2D eigenvalue weighted by Gasteiger charge is 2.31. The summed E-state index contributed by atoms with van der Waals surface area (Å²) in [6.07, 6.45) is 32.8. The highest BCUT2D eigenvalue weighted by atomic mass is 16.3. The summed E-state index contributed by atoms with van der Waals surface area (Å²) < 4.78 is 0. The third kappa shape index (κ3) is 13.3. The Bertz CT molecular complexity index is 1100. The van der Waals surface area contributed by atoms with Gasteiger partial charge in [-0.25, -0.2) is 0 Å². The van der Waals surface area contributed by atoms with Gasteiger partial charge in [-0.2, -0.15) is 0 Å². The molecule has 0 unspecified atom stereocenters. The molecule has 1 heteroatoms. The highest BCUT2D eigenvalue weighted by molar-refractivity contribution is 5.38. The van der Waals surface area contributed by atoms with Gasteiger partial charge in [0.2, 0.25) is 0 Å². The molecule has 1 aliphatic carbocycles. The molecular formula is C38H56O. The Hall–Kier alpha value is -2.64. The van der Waals surface area contributed by atoms with Crippen LogP contribution in [0.2, 0.25) is 0 Å². The summed E-state index contributed by atoms with van der Waals surface area (Å²) in [4.78, 5) is 0. The Morgan fingerprint density at radius 3 is 1.79 bits per heavy atom. The van der Waals surface area contributed by atoms with E-state index in [2.05, 4.69) is 161 Å². The summed E-state index contributed by atoms with van der Waals surface area (Å²) in [6, 6.07) is 0. The van der Waals surface area contributed by atoms with Crippen LogP contribution in [0.1, 0.15) is 95.4 Å². The first-order valence-corrected chi connectivity index (χ1v) is 14.6. The van der Waals surface area contributed by atoms with Gasteiger partial charge in [0.05, 0.1) is 6.10 Å². The van der Waals surface area contributed by atoms with Crippen LogP contribution in [0.15, 0.2) is 119 Å². The quantitative estimate of drug-likeness (QED) is 0.250. The molecular weight excluding hydrogens is 472 g/mol. The molecule has 0 radical (unpaired) electrons. The first-order valence-electron chi connectivity index (χ1n) is 14.6. The van der Waals surface area contributed by atoms with E-state index in [1.807, 2.05) is 0 Å². The monoisotopic (exact) mass is 528 g/mol. The lowest BCUT2D eigenvalue weighted by molar-refractivity contribution is 0.116. The van der Waals surface area contributed by atoms with Crippen LogP contribution in [0.5, 0.6) is 0 Å². The fourth-order valence-electron chi connectivity index (χ4n) is 4.61. The van der Waals surface area contributed by atoms with Crippen LogP contribution in [0.3, 0.4) is 0 Å². The lowest BCUT2D eigenvalue weighted by atomic mass is 9.71. The lowest BCUT2D eigenvalue weighted by Gasteiger charge is -2.35. The molecule has 2 atom stereocenters. The maximum atomic E-state index is 10.1. The van der Waals surface area contributed by atoms with Gasteiger partial charge < -0.3 is 5.11 Å². The third-order valence-corrected chi connectivity index (χ3v) is 8.05. The van der Waals surface area contributed by atoms with E-state index in [-0.39, 0.29) is 11.5 Å². The maximum Gasteiger partial charge on any atom is 0.0585 e. The van der Waals surface area contributed by atoms with Gasteiger partial charge in [-0.1, -0.05) is 161 Å². The van der Waals surface area contributed by atoms with Gasteiger partial charge in [-0.15, -0.1) is 0 Å². The van der Waals surface area contributed by atoms with E-state index in [0.29, 0.717) is 11.3 Å². The molecule has 0 aliphatic heterocycles. The normalized spacial score (nSPS) is 21.6. The Morgan fingerprint density at radius 1 is 0.846 bits per heavy atom. The largest absolute Gasteiger partial charge is 0.393 e. The van der Waals surface area contributed by atoms with Gasteiger partial charge >= 0.3 is 0 Å². The maximum absolute atomic E-state index is 10.1. The fourth-order valence-corrected chi connectivity index (χ4v) is 4.61. The Kier molecular flexibility index (Phi) is 14.5. The van der Waals surface area contributed by atoms with Crippen molar-refractivity contribution in [3.05, 3.63) is 119 Å². The van der Waals surface area contributed by atoms with E-state index in [1.165, 1.54) is 39.9 Å². The molecule has 0 heterocycles. The molecule has 0 aromatic carbocycles. The molecule has 1 rings (SSSR count). The van der Waals surface area contributed by atoms with Crippen molar-refractivity contribution in [2.45, 2.75) is 102 Å². The average molecular weight is 529 g/mol.